The number of rotatable bonds is 10. The molecule has 2 aromatic rings. The summed E-state index contributed by atoms with van der Waals surface area (Å²) >= 11 is 0. The normalized spacial score (nSPS) is 13.8. The number of unbranched alkanes of at least 4 members (excludes halogenated alkanes) is 1. The third-order valence-electron chi connectivity index (χ3n) is 6.04. The van der Waals surface area contributed by atoms with E-state index >= 15 is 0 Å². The van der Waals surface area contributed by atoms with Crippen LogP contribution in [-0.2, 0) is 0 Å². The maximum absolute atomic E-state index is 12.7. The molecule has 1 fully saturated rings. The van der Waals surface area contributed by atoms with Crippen LogP contribution in [0.1, 0.15) is 72.0 Å². The first-order valence-corrected chi connectivity index (χ1v) is 11.0. The van der Waals surface area contributed by atoms with Gasteiger partial charge in [-0.1, -0.05) is 25.7 Å². The van der Waals surface area contributed by atoms with Gasteiger partial charge < -0.3 is 9.47 Å². The Bertz CT molecular complexity index is 890. The van der Waals surface area contributed by atoms with Crippen molar-refractivity contribution in [1.29, 1.82) is 5.26 Å². The van der Waals surface area contributed by atoms with Crippen LogP contribution >= 0.6 is 0 Å². The van der Waals surface area contributed by atoms with Crippen LogP contribution in [-0.4, -0.2) is 19.0 Å². The molecule has 0 saturated heterocycles. The SMILES string of the molecule is Cc1c(OCCCCOc2ccc(C#N)cc2)ccc(C(=O)CC2CCCC2)c1C. The Morgan fingerprint density at radius 1 is 0.967 bits per heavy atom. The van der Waals surface area contributed by atoms with Crippen molar-refractivity contribution in [2.24, 2.45) is 5.92 Å². The Balaban J connectivity index is 1.42. The lowest BCUT2D eigenvalue weighted by molar-refractivity contribution is 0.0961. The van der Waals surface area contributed by atoms with Crippen molar-refractivity contribution < 1.29 is 14.3 Å². The van der Waals surface area contributed by atoms with Crippen LogP contribution in [0.25, 0.3) is 0 Å². The molecule has 0 N–H and O–H groups in total. The van der Waals surface area contributed by atoms with Crippen molar-refractivity contribution in [3.63, 3.8) is 0 Å². The van der Waals surface area contributed by atoms with Crippen molar-refractivity contribution >= 4 is 5.78 Å². The number of ketones is 1. The second-order valence-electron chi connectivity index (χ2n) is 8.18. The van der Waals surface area contributed by atoms with Crippen molar-refractivity contribution in [3.05, 3.63) is 58.7 Å². The summed E-state index contributed by atoms with van der Waals surface area (Å²) in [7, 11) is 0. The average Bonchev–Trinajstić information content (AvgIpc) is 3.26. The lowest BCUT2D eigenvalue weighted by Gasteiger charge is -2.15. The highest BCUT2D eigenvalue weighted by molar-refractivity contribution is 5.98. The van der Waals surface area contributed by atoms with E-state index in [9.17, 15) is 4.79 Å². The van der Waals surface area contributed by atoms with Gasteiger partial charge in [-0.15, -0.1) is 0 Å². The highest BCUT2D eigenvalue weighted by atomic mass is 16.5. The van der Waals surface area contributed by atoms with Crippen LogP contribution in [0.3, 0.4) is 0 Å². The number of carbonyl (C=O) groups is 1. The Morgan fingerprint density at radius 3 is 2.30 bits per heavy atom. The fourth-order valence-corrected chi connectivity index (χ4v) is 4.04. The van der Waals surface area contributed by atoms with Crippen LogP contribution in [0.5, 0.6) is 11.5 Å². The van der Waals surface area contributed by atoms with E-state index < -0.39 is 0 Å². The summed E-state index contributed by atoms with van der Waals surface area (Å²) in [5.41, 5.74) is 3.58. The average molecular weight is 406 g/mol. The lowest BCUT2D eigenvalue weighted by Crippen LogP contribution is -2.09. The zero-order valence-corrected chi connectivity index (χ0v) is 18.1. The molecule has 1 aliphatic carbocycles. The molecule has 0 aliphatic heterocycles. The molecule has 2 aromatic carbocycles. The van der Waals surface area contributed by atoms with E-state index in [1.165, 1.54) is 25.7 Å². The summed E-state index contributed by atoms with van der Waals surface area (Å²) in [6.45, 7) is 5.29. The Morgan fingerprint density at radius 2 is 1.63 bits per heavy atom. The first-order valence-electron chi connectivity index (χ1n) is 11.0. The molecule has 0 unspecified atom stereocenters. The summed E-state index contributed by atoms with van der Waals surface area (Å²) in [5.74, 6) is 2.48. The first kappa shape index (κ1) is 21.9. The van der Waals surface area contributed by atoms with Gasteiger partial charge in [0.15, 0.2) is 5.78 Å². The Labute approximate surface area is 179 Å². The van der Waals surface area contributed by atoms with Crippen molar-refractivity contribution in [2.45, 2.75) is 58.8 Å². The zero-order chi connectivity index (χ0) is 21.3. The zero-order valence-electron chi connectivity index (χ0n) is 18.1. The summed E-state index contributed by atoms with van der Waals surface area (Å²) in [6, 6.07) is 13.1. The predicted octanol–water partition coefficient (Wildman–Crippen LogP) is 6.18. The third kappa shape index (κ3) is 5.86. The van der Waals surface area contributed by atoms with E-state index in [4.69, 9.17) is 14.7 Å². The second kappa shape index (κ2) is 10.8. The van der Waals surface area contributed by atoms with E-state index in [1.54, 1.807) is 12.1 Å². The number of carbonyl (C=O) groups excluding carboxylic acids is 1. The standard InChI is InChI=1S/C26H31NO3/c1-19-20(2)26(14-13-24(19)25(28)17-21-7-3-4-8-21)30-16-6-5-15-29-23-11-9-22(18-27)10-12-23/h9-14,21H,3-8,15-17H2,1-2H3. The molecule has 30 heavy (non-hydrogen) atoms. The molecule has 0 amide bonds. The van der Waals surface area contributed by atoms with Gasteiger partial charge in [-0.2, -0.15) is 5.26 Å². The molecule has 0 heterocycles. The van der Waals surface area contributed by atoms with Crippen LogP contribution in [0.2, 0.25) is 0 Å². The van der Waals surface area contributed by atoms with Crippen LogP contribution < -0.4 is 9.47 Å². The predicted molar refractivity (Wildman–Crippen MR) is 118 cm³/mol. The number of ether oxygens (including phenoxy) is 2. The van der Waals surface area contributed by atoms with Gasteiger partial charge in [-0.25, -0.2) is 0 Å². The second-order valence-corrected chi connectivity index (χ2v) is 8.18. The van der Waals surface area contributed by atoms with Gasteiger partial charge in [-0.05, 0) is 80.1 Å². The maximum atomic E-state index is 12.7. The quantitative estimate of drug-likeness (QED) is 0.350. The van der Waals surface area contributed by atoms with Gasteiger partial charge in [0.2, 0.25) is 0 Å². The largest absolute Gasteiger partial charge is 0.494 e. The molecule has 0 aromatic heterocycles. The molecule has 1 saturated carbocycles. The monoisotopic (exact) mass is 405 g/mol. The molecular formula is C26H31NO3. The van der Waals surface area contributed by atoms with Gasteiger partial charge in [0.1, 0.15) is 11.5 Å². The number of Topliss-reactive ketones (excluding diaryl/α,β-unsaturated/α-hetero) is 1. The summed E-state index contributed by atoms with van der Waals surface area (Å²) in [4.78, 5) is 12.7. The molecule has 158 valence electrons. The summed E-state index contributed by atoms with van der Waals surface area (Å²) < 4.78 is 11.7. The van der Waals surface area contributed by atoms with Gasteiger partial charge in [0.05, 0.1) is 24.8 Å². The van der Waals surface area contributed by atoms with Gasteiger partial charge in [-0.3, -0.25) is 4.79 Å². The van der Waals surface area contributed by atoms with Crippen molar-refractivity contribution in [2.75, 3.05) is 13.2 Å². The van der Waals surface area contributed by atoms with E-state index in [1.807, 2.05) is 38.1 Å². The molecule has 0 spiro atoms. The van der Waals surface area contributed by atoms with Gasteiger partial charge >= 0.3 is 0 Å². The fraction of sp³-hybridized carbons (Fsp3) is 0.462. The maximum Gasteiger partial charge on any atom is 0.163 e. The molecule has 0 atom stereocenters. The van der Waals surface area contributed by atoms with E-state index in [2.05, 4.69) is 6.07 Å². The highest BCUT2D eigenvalue weighted by Crippen LogP contribution is 2.31. The highest BCUT2D eigenvalue weighted by Gasteiger charge is 2.21. The molecule has 0 radical (unpaired) electrons. The molecule has 4 nitrogen and oxygen atoms in total. The molecule has 3 rings (SSSR count). The summed E-state index contributed by atoms with van der Waals surface area (Å²) in [6.07, 6.45) is 7.37. The Kier molecular flexibility index (Phi) is 7.90. The van der Waals surface area contributed by atoms with Gasteiger partial charge in [0, 0.05) is 12.0 Å². The van der Waals surface area contributed by atoms with E-state index in [-0.39, 0.29) is 5.78 Å². The van der Waals surface area contributed by atoms with Crippen LogP contribution in [0.15, 0.2) is 36.4 Å². The Hall–Kier alpha value is -2.80. The molecule has 4 heteroatoms. The van der Waals surface area contributed by atoms with Gasteiger partial charge in [0.25, 0.3) is 0 Å². The van der Waals surface area contributed by atoms with Crippen molar-refractivity contribution in [1.82, 2.24) is 0 Å². The molecule has 1 aliphatic rings. The van der Waals surface area contributed by atoms with Crippen LogP contribution in [0.4, 0.5) is 0 Å². The topological polar surface area (TPSA) is 59.3 Å². The number of benzene rings is 2. The van der Waals surface area contributed by atoms with E-state index in [0.717, 1.165) is 41.0 Å². The number of nitrogens with zero attached hydrogens (tertiary/aromatic N) is 1. The number of nitriles is 1. The minimum atomic E-state index is 0.272. The van der Waals surface area contributed by atoms with E-state index in [0.29, 0.717) is 31.1 Å². The van der Waals surface area contributed by atoms with Crippen molar-refractivity contribution in [3.8, 4) is 17.6 Å². The minimum Gasteiger partial charge on any atom is -0.494 e. The minimum absolute atomic E-state index is 0.272. The molecular weight excluding hydrogens is 374 g/mol. The summed E-state index contributed by atoms with van der Waals surface area (Å²) in [5, 5.41) is 8.81. The lowest BCUT2D eigenvalue weighted by atomic mass is 9.92. The molecule has 0 bridgehead atoms. The third-order valence-corrected chi connectivity index (χ3v) is 6.04. The number of hydrogen-bond donors (Lipinski definition) is 0. The van der Waals surface area contributed by atoms with Crippen LogP contribution in [0, 0.1) is 31.1 Å². The number of hydrogen-bond acceptors (Lipinski definition) is 4. The first-order chi connectivity index (χ1) is 14.6. The fourth-order valence-electron chi connectivity index (χ4n) is 4.04. The smallest absolute Gasteiger partial charge is 0.163 e.